The summed E-state index contributed by atoms with van der Waals surface area (Å²) in [4.78, 5) is 12.4. The van der Waals surface area contributed by atoms with Crippen molar-refractivity contribution in [1.82, 2.24) is 0 Å². The summed E-state index contributed by atoms with van der Waals surface area (Å²) >= 11 is 3.44. The minimum absolute atomic E-state index is 0.173. The van der Waals surface area contributed by atoms with Gasteiger partial charge in [-0.25, -0.2) is 0 Å². The van der Waals surface area contributed by atoms with Crippen LogP contribution in [0.25, 0.3) is 11.1 Å². The molecule has 1 aliphatic carbocycles. The lowest BCUT2D eigenvalue weighted by atomic mass is 9.99. The van der Waals surface area contributed by atoms with Crippen LogP contribution < -0.4 is 0 Å². The molecule has 0 spiro atoms. The van der Waals surface area contributed by atoms with Crippen molar-refractivity contribution in [3.63, 3.8) is 0 Å². The standard InChI is InChI=1S/C15H11BrO/c16-9-8-10-4-3-7-12-11-5-1-2-6-13(11)15(17)14(10)12/h1-7H,8-9H2. The molecular weight excluding hydrogens is 276 g/mol. The fraction of sp³-hybridized carbons (Fsp3) is 0.133. The molecule has 2 heteroatoms. The van der Waals surface area contributed by atoms with E-state index in [9.17, 15) is 4.79 Å². The Labute approximate surface area is 109 Å². The van der Waals surface area contributed by atoms with E-state index >= 15 is 0 Å². The maximum absolute atomic E-state index is 12.4. The number of alkyl halides is 1. The summed E-state index contributed by atoms with van der Waals surface area (Å²) in [5, 5.41) is 0.882. The predicted octanol–water partition coefficient (Wildman–Crippen LogP) is 3.84. The average Bonchev–Trinajstić information content (AvgIpc) is 2.66. The van der Waals surface area contributed by atoms with Crippen LogP contribution in [-0.4, -0.2) is 11.1 Å². The van der Waals surface area contributed by atoms with E-state index in [0.29, 0.717) is 0 Å². The van der Waals surface area contributed by atoms with Crippen LogP contribution in [0.1, 0.15) is 21.5 Å². The summed E-state index contributed by atoms with van der Waals surface area (Å²) in [6, 6.07) is 14.0. The average molecular weight is 287 g/mol. The highest BCUT2D eigenvalue weighted by atomic mass is 79.9. The van der Waals surface area contributed by atoms with E-state index in [1.54, 1.807) is 0 Å². The number of hydrogen-bond acceptors (Lipinski definition) is 1. The van der Waals surface area contributed by atoms with Crippen molar-refractivity contribution >= 4 is 21.7 Å². The quantitative estimate of drug-likeness (QED) is 0.655. The van der Waals surface area contributed by atoms with Gasteiger partial charge in [0.05, 0.1) is 0 Å². The Morgan fingerprint density at radius 2 is 1.59 bits per heavy atom. The van der Waals surface area contributed by atoms with Gasteiger partial charge in [0.25, 0.3) is 0 Å². The highest BCUT2D eigenvalue weighted by Gasteiger charge is 2.27. The highest BCUT2D eigenvalue weighted by Crippen LogP contribution is 2.38. The van der Waals surface area contributed by atoms with Gasteiger partial charge in [0.1, 0.15) is 0 Å². The molecular formula is C15H11BrO. The Hall–Kier alpha value is -1.41. The number of carbonyl (C=O) groups excluding carboxylic acids is 1. The molecule has 2 aromatic rings. The van der Waals surface area contributed by atoms with Gasteiger partial charge in [-0.05, 0) is 23.1 Å². The largest absolute Gasteiger partial charge is 0.289 e. The number of aryl methyl sites for hydroxylation is 1. The van der Waals surface area contributed by atoms with E-state index in [-0.39, 0.29) is 5.78 Å². The lowest BCUT2D eigenvalue weighted by Crippen LogP contribution is -2.01. The molecule has 0 fully saturated rings. The lowest BCUT2D eigenvalue weighted by Gasteiger charge is -2.05. The van der Waals surface area contributed by atoms with Crippen LogP contribution in [0, 0.1) is 0 Å². The summed E-state index contributed by atoms with van der Waals surface area (Å²) in [5.41, 5.74) is 5.03. The van der Waals surface area contributed by atoms with Crippen LogP contribution in [0.15, 0.2) is 42.5 Å². The first-order valence-electron chi connectivity index (χ1n) is 5.65. The SMILES string of the molecule is O=C1c2ccccc2-c2cccc(CCBr)c21. The molecule has 0 N–H and O–H groups in total. The van der Waals surface area contributed by atoms with Gasteiger partial charge >= 0.3 is 0 Å². The van der Waals surface area contributed by atoms with Gasteiger partial charge < -0.3 is 0 Å². The van der Waals surface area contributed by atoms with Gasteiger partial charge in [-0.2, -0.15) is 0 Å². The molecule has 0 heterocycles. The lowest BCUT2D eigenvalue weighted by molar-refractivity contribution is 0.104. The van der Waals surface area contributed by atoms with Gasteiger partial charge in [0.15, 0.2) is 5.78 Å². The first-order valence-corrected chi connectivity index (χ1v) is 6.77. The molecule has 0 atom stereocenters. The van der Waals surface area contributed by atoms with Crippen molar-refractivity contribution < 1.29 is 4.79 Å². The van der Waals surface area contributed by atoms with E-state index in [1.807, 2.05) is 42.5 Å². The minimum atomic E-state index is 0.173. The van der Waals surface area contributed by atoms with E-state index < -0.39 is 0 Å². The number of halogens is 1. The van der Waals surface area contributed by atoms with E-state index in [1.165, 1.54) is 0 Å². The Morgan fingerprint density at radius 3 is 2.35 bits per heavy atom. The van der Waals surface area contributed by atoms with E-state index in [2.05, 4.69) is 15.9 Å². The third-order valence-corrected chi connectivity index (χ3v) is 3.60. The van der Waals surface area contributed by atoms with E-state index in [0.717, 1.165) is 39.6 Å². The molecule has 0 unspecified atom stereocenters. The topological polar surface area (TPSA) is 17.1 Å². The molecule has 0 bridgehead atoms. The fourth-order valence-electron chi connectivity index (χ4n) is 2.45. The van der Waals surface area contributed by atoms with Gasteiger partial charge in [-0.1, -0.05) is 58.4 Å². The van der Waals surface area contributed by atoms with Crippen molar-refractivity contribution in [3.8, 4) is 11.1 Å². The Kier molecular flexibility index (Phi) is 2.60. The number of fused-ring (bicyclic) bond motifs is 3. The van der Waals surface area contributed by atoms with Crippen LogP contribution in [-0.2, 0) is 6.42 Å². The third kappa shape index (κ3) is 1.55. The Bertz CT molecular complexity index is 602. The monoisotopic (exact) mass is 286 g/mol. The fourth-order valence-corrected chi connectivity index (χ4v) is 2.88. The van der Waals surface area contributed by atoms with Crippen LogP contribution in [0.2, 0.25) is 0 Å². The molecule has 0 radical (unpaired) electrons. The number of hydrogen-bond donors (Lipinski definition) is 0. The molecule has 2 aromatic carbocycles. The number of benzene rings is 2. The van der Waals surface area contributed by atoms with Gasteiger partial charge in [-0.3, -0.25) is 4.79 Å². The molecule has 0 aromatic heterocycles. The molecule has 84 valence electrons. The van der Waals surface area contributed by atoms with Crippen molar-refractivity contribution in [2.75, 3.05) is 5.33 Å². The number of carbonyl (C=O) groups is 1. The zero-order valence-electron chi connectivity index (χ0n) is 9.24. The first kappa shape index (κ1) is 10.7. The van der Waals surface area contributed by atoms with Crippen molar-refractivity contribution in [3.05, 3.63) is 59.2 Å². The Balaban J connectivity index is 2.27. The van der Waals surface area contributed by atoms with Crippen molar-refractivity contribution in [1.29, 1.82) is 0 Å². The summed E-state index contributed by atoms with van der Waals surface area (Å²) < 4.78 is 0. The third-order valence-electron chi connectivity index (χ3n) is 3.20. The van der Waals surface area contributed by atoms with Gasteiger partial charge in [-0.15, -0.1) is 0 Å². The molecule has 3 rings (SSSR count). The maximum atomic E-state index is 12.4. The number of ketones is 1. The molecule has 0 aliphatic heterocycles. The van der Waals surface area contributed by atoms with Gasteiger partial charge in [0.2, 0.25) is 0 Å². The molecule has 1 nitrogen and oxygen atoms in total. The zero-order valence-corrected chi connectivity index (χ0v) is 10.8. The predicted molar refractivity (Wildman–Crippen MR) is 72.8 cm³/mol. The second kappa shape index (κ2) is 4.11. The van der Waals surface area contributed by atoms with E-state index in [4.69, 9.17) is 0 Å². The second-order valence-corrected chi connectivity index (χ2v) is 4.95. The minimum Gasteiger partial charge on any atom is -0.289 e. The van der Waals surface area contributed by atoms with Crippen LogP contribution >= 0.6 is 15.9 Å². The second-order valence-electron chi connectivity index (χ2n) is 4.15. The van der Waals surface area contributed by atoms with Crippen LogP contribution in [0.5, 0.6) is 0 Å². The summed E-state index contributed by atoms with van der Waals surface area (Å²) in [6.45, 7) is 0. The van der Waals surface area contributed by atoms with Crippen LogP contribution in [0.4, 0.5) is 0 Å². The molecule has 1 aliphatic rings. The van der Waals surface area contributed by atoms with Crippen molar-refractivity contribution in [2.45, 2.75) is 6.42 Å². The summed E-state index contributed by atoms with van der Waals surface area (Å²) in [6.07, 6.45) is 0.892. The van der Waals surface area contributed by atoms with Gasteiger partial charge in [0, 0.05) is 16.5 Å². The smallest absolute Gasteiger partial charge is 0.194 e. The Morgan fingerprint density at radius 1 is 0.882 bits per heavy atom. The van der Waals surface area contributed by atoms with Crippen molar-refractivity contribution in [2.24, 2.45) is 0 Å². The normalized spacial score (nSPS) is 12.4. The first-order chi connectivity index (χ1) is 8.33. The highest BCUT2D eigenvalue weighted by molar-refractivity contribution is 9.09. The number of rotatable bonds is 2. The summed E-state index contributed by atoms with van der Waals surface area (Å²) in [5.74, 6) is 0.173. The molecule has 0 amide bonds. The zero-order chi connectivity index (χ0) is 11.8. The maximum Gasteiger partial charge on any atom is 0.194 e. The summed E-state index contributed by atoms with van der Waals surface area (Å²) in [7, 11) is 0. The van der Waals surface area contributed by atoms with Crippen LogP contribution in [0.3, 0.4) is 0 Å². The molecule has 17 heavy (non-hydrogen) atoms. The molecule has 0 saturated carbocycles. The molecule has 0 saturated heterocycles.